The number of hydrogen-bond acceptors (Lipinski definition) is 3. The molecule has 0 atom stereocenters. The van der Waals surface area contributed by atoms with Crippen molar-refractivity contribution in [3.05, 3.63) is 46.2 Å². The number of benzene rings is 1. The van der Waals surface area contributed by atoms with Crippen molar-refractivity contribution < 1.29 is 4.79 Å². The van der Waals surface area contributed by atoms with Crippen molar-refractivity contribution in [3.8, 4) is 0 Å². The van der Waals surface area contributed by atoms with Crippen molar-refractivity contribution in [3.63, 3.8) is 0 Å². The molecule has 0 spiro atoms. The van der Waals surface area contributed by atoms with Crippen LogP contribution in [0.2, 0.25) is 0 Å². The first-order valence-corrected chi connectivity index (χ1v) is 6.73. The molecule has 0 saturated heterocycles. The van der Waals surface area contributed by atoms with E-state index in [1.165, 1.54) is 11.3 Å². The highest BCUT2D eigenvalue weighted by atomic mass is 32.1. The number of para-hydroxylation sites is 2. The summed E-state index contributed by atoms with van der Waals surface area (Å²) < 4.78 is 0. The number of nitrogens with zero attached hydrogens (tertiary/aromatic N) is 1. The highest BCUT2D eigenvalue weighted by molar-refractivity contribution is 7.12. The van der Waals surface area contributed by atoms with Crippen LogP contribution in [-0.4, -0.2) is 12.5 Å². The average molecular weight is 260 g/mol. The Morgan fingerprint density at radius 3 is 2.61 bits per heavy atom. The standard InChI is InChI=1S/C14H16N2OS/c1-3-16(12-7-5-4-6-11(12)15)14(17)13-10(2)8-9-18-13/h4-9H,3,15H2,1-2H3. The van der Waals surface area contributed by atoms with Gasteiger partial charge in [0.05, 0.1) is 16.3 Å². The van der Waals surface area contributed by atoms with E-state index in [0.29, 0.717) is 12.2 Å². The van der Waals surface area contributed by atoms with Crippen LogP contribution in [0, 0.1) is 6.92 Å². The normalized spacial score (nSPS) is 10.3. The second kappa shape index (κ2) is 5.23. The van der Waals surface area contributed by atoms with Crippen LogP contribution in [0.25, 0.3) is 0 Å². The van der Waals surface area contributed by atoms with E-state index in [2.05, 4.69) is 0 Å². The molecule has 1 aromatic carbocycles. The Kier molecular flexibility index (Phi) is 3.67. The zero-order valence-corrected chi connectivity index (χ0v) is 11.3. The Hall–Kier alpha value is -1.81. The molecule has 2 rings (SSSR count). The van der Waals surface area contributed by atoms with Gasteiger partial charge >= 0.3 is 0 Å². The van der Waals surface area contributed by atoms with Gasteiger partial charge in [-0.1, -0.05) is 12.1 Å². The van der Waals surface area contributed by atoms with E-state index >= 15 is 0 Å². The van der Waals surface area contributed by atoms with E-state index in [1.807, 2.05) is 49.6 Å². The molecule has 18 heavy (non-hydrogen) atoms. The zero-order valence-electron chi connectivity index (χ0n) is 10.5. The smallest absolute Gasteiger partial charge is 0.268 e. The first kappa shape index (κ1) is 12.6. The topological polar surface area (TPSA) is 46.3 Å². The van der Waals surface area contributed by atoms with Crippen LogP contribution in [-0.2, 0) is 0 Å². The lowest BCUT2D eigenvalue weighted by Gasteiger charge is -2.22. The Morgan fingerprint density at radius 2 is 2.06 bits per heavy atom. The van der Waals surface area contributed by atoms with Crippen molar-refractivity contribution in [2.75, 3.05) is 17.2 Å². The van der Waals surface area contributed by atoms with Gasteiger partial charge in [0.25, 0.3) is 5.91 Å². The third-order valence-corrected chi connectivity index (χ3v) is 3.85. The van der Waals surface area contributed by atoms with E-state index in [4.69, 9.17) is 5.73 Å². The quantitative estimate of drug-likeness (QED) is 0.861. The molecule has 1 heterocycles. The maximum atomic E-state index is 12.5. The average Bonchev–Trinajstić information content (AvgIpc) is 2.78. The van der Waals surface area contributed by atoms with Gasteiger partial charge in [-0.25, -0.2) is 0 Å². The third-order valence-electron chi connectivity index (χ3n) is 2.85. The Morgan fingerprint density at radius 1 is 1.33 bits per heavy atom. The Bertz CT molecular complexity index is 562. The number of carbonyl (C=O) groups is 1. The highest BCUT2D eigenvalue weighted by Crippen LogP contribution is 2.26. The summed E-state index contributed by atoms with van der Waals surface area (Å²) in [5.74, 6) is 0.0166. The Labute approximate surface area is 111 Å². The second-order valence-corrected chi connectivity index (χ2v) is 4.96. The minimum absolute atomic E-state index is 0.0166. The van der Waals surface area contributed by atoms with Gasteiger partial charge < -0.3 is 10.6 Å². The lowest BCUT2D eigenvalue weighted by molar-refractivity contribution is 0.0992. The number of nitrogen functional groups attached to an aromatic ring is 1. The van der Waals surface area contributed by atoms with Crippen molar-refractivity contribution >= 4 is 28.6 Å². The van der Waals surface area contributed by atoms with Crippen LogP contribution in [0.4, 0.5) is 11.4 Å². The number of thiophene rings is 1. The molecule has 0 unspecified atom stereocenters. The summed E-state index contributed by atoms with van der Waals surface area (Å²) in [6, 6.07) is 9.41. The summed E-state index contributed by atoms with van der Waals surface area (Å²) in [5.41, 5.74) is 8.35. The molecule has 94 valence electrons. The van der Waals surface area contributed by atoms with E-state index in [0.717, 1.165) is 16.1 Å². The molecule has 0 saturated carbocycles. The summed E-state index contributed by atoms with van der Waals surface area (Å²) in [4.78, 5) is 15.0. The van der Waals surface area contributed by atoms with Crippen molar-refractivity contribution in [1.82, 2.24) is 0 Å². The molecule has 1 amide bonds. The van der Waals surface area contributed by atoms with Gasteiger partial charge in [0.15, 0.2) is 0 Å². The molecule has 1 aromatic heterocycles. The lowest BCUT2D eigenvalue weighted by atomic mass is 10.2. The van der Waals surface area contributed by atoms with E-state index < -0.39 is 0 Å². The third kappa shape index (κ3) is 2.24. The van der Waals surface area contributed by atoms with Gasteiger partial charge in [-0.05, 0) is 43.0 Å². The number of rotatable bonds is 3. The molecule has 0 aliphatic rings. The molecule has 0 aliphatic heterocycles. The van der Waals surface area contributed by atoms with Crippen molar-refractivity contribution in [2.24, 2.45) is 0 Å². The summed E-state index contributed by atoms with van der Waals surface area (Å²) in [6.07, 6.45) is 0. The molecule has 2 aromatic rings. The number of anilines is 2. The lowest BCUT2D eigenvalue weighted by Crippen LogP contribution is -2.31. The zero-order chi connectivity index (χ0) is 13.1. The van der Waals surface area contributed by atoms with Crippen LogP contribution in [0.3, 0.4) is 0 Å². The van der Waals surface area contributed by atoms with Crippen LogP contribution < -0.4 is 10.6 Å². The van der Waals surface area contributed by atoms with Gasteiger partial charge in [0, 0.05) is 6.54 Å². The molecule has 0 bridgehead atoms. The van der Waals surface area contributed by atoms with Gasteiger partial charge in [-0.3, -0.25) is 4.79 Å². The first-order chi connectivity index (χ1) is 8.65. The van der Waals surface area contributed by atoms with Crippen LogP contribution in [0.1, 0.15) is 22.2 Å². The largest absolute Gasteiger partial charge is 0.397 e. The molecule has 2 N–H and O–H groups in total. The maximum Gasteiger partial charge on any atom is 0.268 e. The summed E-state index contributed by atoms with van der Waals surface area (Å²) in [6.45, 7) is 4.50. The summed E-state index contributed by atoms with van der Waals surface area (Å²) in [7, 11) is 0. The summed E-state index contributed by atoms with van der Waals surface area (Å²) in [5, 5.41) is 1.94. The molecule has 0 fully saturated rings. The SMILES string of the molecule is CCN(C(=O)c1sccc1C)c1ccccc1N. The fraction of sp³-hybridized carbons (Fsp3) is 0.214. The molecule has 0 aliphatic carbocycles. The van der Waals surface area contributed by atoms with Crippen LogP contribution >= 0.6 is 11.3 Å². The van der Waals surface area contributed by atoms with Gasteiger partial charge in [0.1, 0.15) is 0 Å². The number of amides is 1. The van der Waals surface area contributed by atoms with E-state index in [-0.39, 0.29) is 5.91 Å². The minimum Gasteiger partial charge on any atom is -0.397 e. The molecular weight excluding hydrogens is 244 g/mol. The highest BCUT2D eigenvalue weighted by Gasteiger charge is 2.20. The van der Waals surface area contributed by atoms with E-state index in [1.54, 1.807) is 4.90 Å². The monoisotopic (exact) mass is 260 g/mol. The Balaban J connectivity index is 2.39. The molecule has 3 nitrogen and oxygen atoms in total. The van der Waals surface area contributed by atoms with Crippen LogP contribution in [0.5, 0.6) is 0 Å². The molecule has 0 radical (unpaired) electrons. The number of carbonyl (C=O) groups excluding carboxylic acids is 1. The van der Waals surface area contributed by atoms with Gasteiger partial charge in [0.2, 0.25) is 0 Å². The fourth-order valence-electron chi connectivity index (χ4n) is 1.87. The fourth-order valence-corrected chi connectivity index (χ4v) is 2.74. The predicted molar refractivity (Wildman–Crippen MR) is 77.3 cm³/mol. The van der Waals surface area contributed by atoms with Crippen LogP contribution in [0.15, 0.2) is 35.7 Å². The second-order valence-electron chi connectivity index (χ2n) is 4.04. The van der Waals surface area contributed by atoms with Crippen molar-refractivity contribution in [2.45, 2.75) is 13.8 Å². The number of hydrogen-bond donors (Lipinski definition) is 1. The number of aryl methyl sites for hydroxylation is 1. The van der Waals surface area contributed by atoms with Gasteiger partial charge in [-0.15, -0.1) is 11.3 Å². The minimum atomic E-state index is 0.0166. The van der Waals surface area contributed by atoms with E-state index in [9.17, 15) is 4.79 Å². The maximum absolute atomic E-state index is 12.5. The van der Waals surface area contributed by atoms with Gasteiger partial charge in [-0.2, -0.15) is 0 Å². The molecular formula is C14H16N2OS. The first-order valence-electron chi connectivity index (χ1n) is 5.85. The van der Waals surface area contributed by atoms with Crippen molar-refractivity contribution in [1.29, 1.82) is 0 Å². The predicted octanol–water partition coefficient (Wildman–Crippen LogP) is 3.31. The summed E-state index contributed by atoms with van der Waals surface area (Å²) >= 11 is 1.47. The molecule has 4 heteroatoms. The number of nitrogens with two attached hydrogens (primary N) is 1.